The van der Waals surface area contributed by atoms with Gasteiger partial charge in [-0.1, -0.05) is 44.0 Å². The Bertz CT molecular complexity index is 1350. The summed E-state index contributed by atoms with van der Waals surface area (Å²) in [6.45, 7) is 5.74. The molecule has 224 valence electrons. The fourth-order valence-electron chi connectivity index (χ4n) is 5.52. The zero-order valence-corrected chi connectivity index (χ0v) is 24.5. The molecule has 0 saturated carbocycles. The number of aliphatic hydroxyl groups is 1. The van der Waals surface area contributed by atoms with Crippen molar-refractivity contribution in [1.29, 1.82) is 0 Å². The van der Waals surface area contributed by atoms with Gasteiger partial charge in [0.25, 0.3) is 11.8 Å². The molecule has 2 unspecified atom stereocenters. The highest BCUT2D eigenvalue weighted by Gasteiger charge is 2.22. The first-order chi connectivity index (χ1) is 20.2. The number of nitrogens with zero attached hydrogens (tertiary/aromatic N) is 1. The van der Waals surface area contributed by atoms with Crippen molar-refractivity contribution in [3.63, 3.8) is 0 Å². The summed E-state index contributed by atoms with van der Waals surface area (Å²) in [7, 11) is 0. The maximum Gasteiger partial charge on any atom is 0.253 e. The maximum atomic E-state index is 14.0. The largest absolute Gasteiger partial charge is 0.379 e. The van der Waals surface area contributed by atoms with E-state index in [-0.39, 0.29) is 18.7 Å². The first kappa shape index (κ1) is 31.3. The number of amides is 2. The second-order valence-electron chi connectivity index (χ2n) is 11.3. The molecule has 1 heterocycles. The van der Waals surface area contributed by atoms with Crippen molar-refractivity contribution in [3.05, 3.63) is 106 Å². The molecule has 1 aliphatic rings. The third-order valence-electron chi connectivity index (χ3n) is 7.67. The number of carbonyl (C=O) groups excluding carboxylic acids is 2. The molecule has 2 atom stereocenters. The van der Waals surface area contributed by atoms with Crippen LogP contribution in [0.3, 0.4) is 0 Å². The van der Waals surface area contributed by atoms with Crippen LogP contribution >= 0.6 is 0 Å². The molecule has 0 aliphatic carbocycles. The Balaban J connectivity index is 1.49. The van der Waals surface area contributed by atoms with E-state index in [0.29, 0.717) is 36.3 Å². The first-order valence-electron chi connectivity index (χ1n) is 14.9. The molecule has 3 N–H and O–H groups in total. The highest BCUT2D eigenvalue weighted by atomic mass is 19.1. The monoisotopic (exact) mass is 577 g/mol. The minimum atomic E-state index is -0.989. The molecule has 0 aromatic heterocycles. The topological polar surface area (TPSA) is 81.7 Å². The fraction of sp³-hybridized carbons (Fsp3) is 0.412. The van der Waals surface area contributed by atoms with Gasteiger partial charge >= 0.3 is 0 Å². The molecule has 3 aromatic rings. The zero-order valence-electron chi connectivity index (χ0n) is 24.5. The van der Waals surface area contributed by atoms with E-state index in [4.69, 9.17) is 0 Å². The van der Waals surface area contributed by atoms with E-state index in [0.717, 1.165) is 49.3 Å². The quantitative estimate of drug-likeness (QED) is 0.256. The summed E-state index contributed by atoms with van der Waals surface area (Å²) < 4.78 is 27.9. The van der Waals surface area contributed by atoms with Gasteiger partial charge in [-0.2, -0.15) is 0 Å². The number of rotatable bonds is 11. The van der Waals surface area contributed by atoms with Gasteiger partial charge in [-0.15, -0.1) is 0 Å². The van der Waals surface area contributed by atoms with Gasteiger partial charge in [-0.3, -0.25) is 14.9 Å². The third kappa shape index (κ3) is 9.19. The number of nitrogens with one attached hydrogen (secondary N) is 2. The van der Waals surface area contributed by atoms with Crippen molar-refractivity contribution in [3.8, 4) is 0 Å². The number of aliphatic hydroxyl groups excluding tert-OH is 1. The summed E-state index contributed by atoms with van der Waals surface area (Å²) >= 11 is 0. The Morgan fingerprint density at radius 1 is 0.881 bits per heavy atom. The van der Waals surface area contributed by atoms with Gasteiger partial charge in [0.2, 0.25) is 0 Å². The summed E-state index contributed by atoms with van der Waals surface area (Å²) in [5.41, 5.74) is 4.13. The third-order valence-corrected chi connectivity index (χ3v) is 7.67. The van der Waals surface area contributed by atoms with Crippen LogP contribution in [-0.2, 0) is 19.4 Å². The number of carbonyl (C=O) groups is 2. The van der Waals surface area contributed by atoms with E-state index in [1.807, 2.05) is 30.0 Å². The zero-order chi connectivity index (χ0) is 30.1. The molecule has 1 aliphatic heterocycles. The summed E-state index contributed by atoms with van der Waals surface area (Å²) in [6.07, 6.45) is 4.26. The van der Waals surface area contributed by atoms with Gasteiger partial charge in [0.05, 0.1) is 0 Å². The van der Waals surface area contributed by atoms with E-state index in [1.165, 1.54) is 17.7 Å². The fourth-order valence-corrected chi connectivity index (χ4v) is 5.52. The summed E-state index contributed by atoms with van der Waals surface area (Å²) in [6, 6.07) is 15.8. The first-order valence-corrected chi connectivity index (χ1v) is 14.9. The molecule has 0 bridgehead atoms. The lowest BCUT2D eigenvalue weighted by molar-refractivity contribution is 0.0761. The Hall–Kier alpha value is -3.62. The van der Waals surface area contributed by atoms with Gasteiger partial charge in [0.1, 0.15) is 17.9 Å². The molecule has 0 spiro atoms. The van der Waals surface area contributed by atoms with Gasteiger partial charge in [0.15, 0.2) is 0 Å². The molecule has 8 heteroatoms. The molecule has 0 radical (unpaired) electrons. The maximum absolute atomic E-state index is 14.0. The smallest absolute Gasteiger partial charge is 0.253 e. The van der Waals surface area contributed by atoms with Crippen LogP contribution in [0.1, 0.15) is 82.0 Å². The lowest BCUT2D eigenvalue weighted by atomic mass is 10.00. The number of likely N-dealkylation sites (tertiary alicyclic amines) is 1. The molecular formula is C34H41F2N3O3. The average Bonchev–Trinajstić information content (AvgIpc) is 3.24. The van der Waals surface area contributed by atoms with E-state index in [1.54, 1.807) is 18.2 Å². The molecule has 3 aromatic carbocycles. The lowest BCUT2D eigenvalue weighted by Crippen LogP contribution is -2.42. The highest BCUT2D eigenvalue weighted by molar-refractivity contribution is 6.00. The minimum Gasteiger partial charge on any atom is -0.379 e. The number of hydrogen-bond acceptors (Lipinski definition) is 4. The van der Waals surface area contributed by atoms with Crippen LogP contribution in [0.15, 0.2) is 60.7 Å². The van der Waals surface area contributed by atoms with Crippen LogP contribution in [0, 0.1) is 18.6 Å². The van der Waals surface area contributed by atoms with E-state index in [9.17, 15) is 23.5 Å². The molecule has 2 amide bonds. The van der Waals surface area contributed by atoms with Crippen molar-refractivity contribution < 1.29 is 23.5 Å². The van der Waals surface area contributed by atoms with Crippen LogP contribution in [-0.4, -0.2) is 47.2 Å². The second-order valence-corrected chi connectivity index (χ2v) is 11.3. The predicted octanol–water partition coefficient (Wildman–Crippen LogP) is 5.69. The summed E-state index contributed by atoms with van der Waals surface area (Å²) in [5.74, 6) is -1.93. The molecule has 6 nitrogen and oxygen atoms in total. The number of halogens is 2. The molecular weight excluding hydrogens is 536 g/mol. The Morgan fingerprint density at radius 2 is 1.55 bits per heavy atom. The van der Waals surface area contributed by atoms with Crippen molar-refractivity contribution >= 4 is 11.8 Å². The average molecular weight is 578 g/mol. The number of hydrogen-bond donors (Lipinski definition) is 3. The van der Waals surface area contributed by atoms with Crippen molar-refractivity contribution in [2.75, 3.05) is 13.1 Å². The van der Waals surface area contributed by atoms with Gasteiger partial charge in [-0.05, 0) is 85.2 Å². The minimum absolute atomic E-state index is 0.0896. The SMILES string of the molecule is CCc1cccc(CNC(O)CC(Cc2cc(F)cc(F)c2)NC(=O)c2cc(C)cc(C(=O)N3CCCCCC3)c2)c1. The van der Waals surface area contributed by atoms with Crippen LogP contribution in [0.4, 0.5) is 8.78 Å². The van der Waals surface area contributed by atoms with Gasteiger partial charge in [0, 0.05) is 49.3 Å². The summed E-state index contributed by atoms with van der Waals surface area (Å²) in [5, 5.41) is 16.9. The highest BCUT2D eigenvalue weighted by Crippen LogP contribution is 2.18. The molecule has 42 heavy (non-hydrogen) atoms. The predicted molar refractivity (Wildman–Crippen MR) is 160 cm³/mol. The van der Waals surface area contributed by atoms with Crippen LogP contribution in [0.25, 0.3) is 0 Å². The van der Waals surface area contributed by atoms with Crippen molar-refractivity contribution in [2.45, 2.75) is 77.6 Å². The van der Waals surface area contributed by atoms with Crippen molar-refractivity contribution in [2.24, 2.45) is 0 Å². The normalized spacial score (nSPS) is 15.1. The Morgan fingerprint density at radius 3 is 2.24 bits per heavy atom. The van der Waals surface area contributed by atoms with Crippen molar-refractivity contribution in [1.82, 2.24) is 15.5 Å². The lowest BCUT2D eigenvalue weighted by Gasteiger charge is -2.24. The van der Waals surface area contributed by atoms with E-state index in [2.05, 4.69) is 23.6 Å². The second kappa shape index (κ2) is 15.0. The van der Waals surface area contributed by atoms with Gasteiger partial charge < -0.3 is 15.3 Å². The molecule has 1 fully saturated rings. The number of aryl methyl sites for hydroxylation is 2. The molecule has 4 rings (SSSR count). The molecule has 1 saturated heterocycles. The Labute approximate surface area is 247 Å². The van der Waals surface area contributed by atoms with E-state index >= 15 is 0 Å². The number of benzene rings is 3. The Kier molecular flexibility index (Phi) is 11.2. The van der Waals surface area contributed by atoms with E-state index < -0.39 is 29.8 Å². The standard InChI is InChI=1S/C34H41F2N3O3/c1-3-24-9-8-10-25(15-24)22-37-32(40)21-31(18-26-16-29(35)20-30(36)17-26)38-33(41)27-13-23(2)14-28(19-27)34(42)39-11-6-4-5-7-12-39/h8-10,13-17,19-20,31-32,37,40H,3-7,11-12,18,21-22H2,1-2H3,(H,38,41). The van der Waals surface area contributed by atoms with Crippen LogP contribution in [0.5, 0.6) is 0 Å². The van der Waals surface area contributed by atoms with Gasteiger partial charge in [-0.25, -0.2) is 8.78 Å². The van der Waals surface area contributed by atoms with Crippen LogP contribution in [0.2, 0.25) is 0 Å². The van der Waals surface area contributed by atoms with Crippen LogP contribution < -0.4 is 10.6 Å². The summed E-state index contributed by atoms with van der Waals surface area (Å²) in [4.78, 5) is 28.6.